The van der Waals surface area contributed by atoms with Crippen LogP contribution in [0.3, 0.4) is 0 Å². The van der Waals surface area contributed by atoms with E-state index in [0.29, 0.717) is 35.6 Å². The summed E-state index contributed by atoms with van der Waals surface area (Å²) in [6, 6.07) is 25.1. The highest BCUT2D eigenvalue weighted by molar-refractivity contribution is 6.14. The lowest BCUT2D eigenvalue weighted by Crippen LogP contribution is -2.37. The number of rotatable bonds is 6. The number of carbonyl (C=O) groups is 3. The molecule has 3 aromatic rings. The van der Waals surface area contributed by atoms with Gasteiger partial charge >= 0.3 is 0 Å². The van der Waals surface area contributed by atoms with E-state index in [9.17, 15) is 14.4 Å². The van der Waals surface area contributed by atoms with Gasteiger partial charge in [0.15, 0.2) is 5.78 Å². The van der Waals surface area contributed by atoms with Crippen LogP contribution in [0.2, 0.25) is 0 Å². The van der Waals surface area contributed by atoms with Crippen molar-refractivity contribution < 1.29 is 14.4 Å². The minimum Gasteiger partial charge on any atom is -0.326 e. The van der Waals surface area contributed by atoms with Crippen molar-refractivity contribution in [1.82, 2.24) is 4.90 Å². The van der Waals surface area contributed by atoms with Gasteiger partial charge in [-0.2, -0.15) is 0 Å². The van der Waals surface area contributed by atoms with Crippen LogP contribution < -0.4 is 10.6 Å². The van der Waals surface area contributed by atoms with Gasteiger partial charge in [0.05, 0.1) is 0 Å². The molecule has 6 heteroatoms. The number of amides is 2. The zero-order chi connectivity index (χ0) is 25.5. The van der Waals surface area contributed by atoms with Crippen LogP contribution in [0.5, 0.6) is 0 Å². The van der Waals surface area contributed by atoms with Gasteiger partial charge in [-0.3, -0.25) is 19.3 Å². The first-order valence-corrected chi connectivity index (χ1v) is 11.8. The van der Waals surface area contributed by atoms with E-state index in [-0.39, 0.29) is 17.6 Å². The quantitative estimate of drug-likeness (QED) is 0.479. The van der Waals surface area contributed by atoms with E-state index in [1.165, 1.54) is 19.4 Å². The second kappa shape index (κ2) is 11.4. The second-order valence-corrected chi connectivity index (χ2v) is 8.91. The molecule has 0 spiro atoms. The molecule has 1 fully saturated rings. The Balaban J connectivity index is 1.62. The molecule has 0 unspecified atom stereocenters. The Bertz CT molecular complexity index is 1230. The number of ketones is 1. The third-order valence-corrected chi connectivity index (χ3v) is 5.76. The molecule has 2 amide bonds. The molecule has 3 aromatic carbocycles. The first-order valence-electron chi connectivity index (χ1n) is 11.8. The van der Waals surface area contributed by atoms with Crippen molar-refractivity contribution in [2.24, 2.45) is 0 Å². The molecule has 0 atom stereocenters. The number of Topliss-reactive ketones (excluding diaryl/α,β-unsaturated/α-hetero) is 1. The number of likely N-dealkylation sites (tertiary alicyclic amines) is 1. The minimum atomic E-state index is -0.125. The fourth-order valence-electron chi connectivity index (χ4n) is 4.20. The maximum absolute atomic E-state index is 13.5. The summed E-state index contributed by atoms with van der Waals surface area (Å²) < 4.78 is 0. The highest BCUT2D eigenvalue weighted by Crippen LogP contribution is 2.24. The number of piperidine rings is 1. The fourth-order valence-corrected chi connectivity index (χ4v) is 4.20. The van der Waals surface area contributed by atoms with Gasteiger partial charge in [-0.1, -0.05) is 54.6 Å². The molecule has 0 aliphatic carbocycles. The molecule has 0 bridgehead atoms. The van der Waals surface area contributed by atoms with E-state index in [1.807, 2.05) is 78.9 Å². The Morgan fingerprint density at radius 2 is 1.17 bits per heavy atom. The topological polar surface area (TPSA) is 78.5 Å². The summed E-state index contributed by atoms with van der Waals surface area (Å²) in [5, 5.41) is 5.52. The van der Waals surface area contributed by atoms with Crippen LogP contribution in [-0.2, 0) is 20.9 Å². The van der Waals surface area contributed by atoms with Crippen LogP contribution in [0.15, 0.2) is 90.0 Å². The van der Waals surface area contributed by atoms with Crippen LogP contribution >= 0.6 is 0 Å². The number of hydrogen-bond donors (Lipinski definition) is 2. The maximum Gasteiger partial charge on any atom is 0.221 e. The van der Waals surface area contributed by atoms with Gasteiger partial charge < -0.3 is 10.6 Å². The van der Waals surface area contributed by atoms with Gasteiger partial charge in [-0.15, -0.1) is 0 Å². The zero-order valence-electron chi connectivity index (χ0n) is 20.5. The molecule has 0 saturated carbocycles. The van der Waals surface area contributed by atoms with Crippen molar-refractivity contribution in [1.29, 1.82) is 0 Å². The van der Waals surface area contributed by atoms with Gasteiger partial charge in [-0.25, -0.2) is 0 Å². The maximum atomic E-state index is 13.5. The van der Waals surface area contributed by atoms with Crippen molar-refractivity contribution in [2.75, 3.05) is 23.7 Å². The average molecular weight is 480 g/mol. The molecular weight excluding hydrogens is 450 g/mol. The molecule has 0 aromatic heterocycles. The van der Waals surface area contributed by atoms with Crippen LogP contribution in [0.1, 0.15) is 30.5 Å². The van der Waals surface area contributed by atoms with E-state index in [2.05, 4.69) is 27.7 Å². The van der Waals surface area contributed by atoms with Gasteiger partial charge in [0.25, 0.3) is 0 Å². The van der Waals surface area contributed by atoms with Crippen molar-refractivity contribution in [3.05, 3.63) is 107 Å². The van der Waals surface area contributed by atoms with Crippen LogP contribution in [0.4, 0.5) is 11.4 Å². The van der Waals surface area contributed by atoms with Crippen LogP contribution in [0.25, 0.3) is 12.2 Å². The number of nitrogens with zero attached hydrogens (tertiary/aromatic N) is 1. The summed E-state index contributed by atoms with van der Waals surface area (Å²) in [5.41, 5.74) is 5.84. The standard InChI is InChI=1S/C30H29N3O3/c1-21(34)31-28-12-8-23(9-13-28)16-26-19-33(18-25-6-4-3-5-7-25)20-27(30(26)36)17-24-10-14-29(15-11-24)32-22(2)35/h3-17H,18-20H2,1-2H3,(H,31,34)(H,32,35)/b26-16+,27-17+. The monoisotopic (exact) mass is 479 g/mol. The highest BCUT2D eigenvalue weighted by atomic mass is 16.2. The van der Waals surface area contributed by atoms with Gasteiger partial charge in [0.2, 0.25) is 11.8 Å². The predicted molar refractivity (Wildman–Crippen MR) is 144 cm³/mol. The molecule has 1 aliphatic heterocycles. The lowest BCUT2D eigenvalue weighted by Gasteiger charge is -2.30. The van der Waals surface area contributed by atoms with Crippen molar-refractivity contribution in [3.8, 4) is 0 Å². The molecule has 0 radical (unpaired) electrons. The van der Waals surface area contributed by atoms with E-state index in [0.717, 1.165) is 17.7 Å². The summed E-state index contributed by atoms with van der Waals surface area (Å²) in [6.45, 7) is 4.75. The van der Waals surface area contributed by atoms with Crippen molar-refractivity contribution >= 4 is 41.1 Å². The lowest BCUT2D eigenvalue weighted by atomic mass is 9.93. The van der Waals surface area contributed by atoms with E-state index >= 15 is 0 Å². The molecule has 1 heterocycles. The number of hydrogen-bond acceptors (Lipinski definition) is 4. The van der Waals surface area contributed by atoms with Gasteiger partial charge in [0, 0.05) is 56.0 Å². The van der Waals surface area contributed by atoms with E-state index < -0.39 is 0 Å². The third kappa shape index (κ3) is 6.87. The Kier molecular flexibility index (Phi) is 7.88. The minimum absolute atomic E-state index is 0.0242. The molecule has 36 heavy (non-hydrogen) atoms. The average Bonchev–Trinajstić information content (AvgIpc) is 2.84. The summed E-state index contributed by atoms with van der Waals surface area (Å²) in [5.74, 6) is -0.226. The number of nitrogens with one attached hydrogen (secondary N) is 2. The number of anilines is 2. The van der Waals surface area contributed by atoms with Crippen LogP contribution in [0, 0.1) is 0 Å². The molecule has 1 saturated heterocycles. The van der Waals surface area contributed by atoms with Crippen molar-refractivity contribution in [2.45, 2.75) is 20.4 Å². The SMILES string of the molecule is CC(=O)Nc1ccc(/C=C2\CN(Cc3ccccc3)C/C(=C\c3ccc(NC(C)=O)cc3)C2=O)cc1. The third-order valence-electron chi connectivity index (χ3n) is 5.76. The predicted octanol–water partition coefficient (Wildman–Crippen LogP) is 5.16. The normalized spacial score (nSPS) is 16.2. The summed E-state index contributed by atoms with van der Waals surface area (Å²) in [6.07, 6.45) is 3.84. The largest absolute Gasteiger partial charge is 0.326 e. The van der Waals surface area contributed by atoms with Crippen molar-refractivity contribution in [3.63, 3.8) is 0 Å². The first-order chi connectivity index (χ1) is 17.4. The van der Waals surface area contributed by atoms with E-state index in [1.54, 1.807) is 0 Å². The summed E-state index contributed by atoms with van der Waals surface area (Å²) in [7, 11) is 0. The van der Waals surface area contributed by atoms with Gasteiger partial charge in [0.1, 0.15) is 0 Å². The Hall–Kier alpha value is -4.29. The van der Waals surface area contributed by atoms with Crippen LogP contribution in [-0.4, -0.2) is 35.6 Å². The molecule has 1 aliphatic rings. The smallest absolute Gasteiger partial charge is 0.221 e. The van der Waals surface area contributed by atoms with Gasteiger partial charge in [-0.05, 0) is 53.1 Å². The Morgan fingerprint density at radius 1 is 0.722 bits per heavy atom. The molecule has 4 rings (SSSR count). The lowest BCUT2D eigenvalue weighted by molar-refractivity contribution is -0.115. The highest BCUT2D eigenvalue weighted by Gasteiger charge is 2.26. The second-order valence-electron chi connectivity index (χ2n) is 8.91. The molecule has 182 valence electrons. The van der Waals surface area contributed by atoms with E-state index in [4.69, 9.17) is 0 Å². The fraction of sp³-hybridized carbons (Fsp3) is 0.167. The number of carbonyl (C=O) groups excluding carboxylic acids is 3. The Labute approximate surface area is 211 Å². The molecule has 2 N–H and O–H groups in total. The summed E-state index contributed by atoms with van der Waals surface area (Å²) >= 11 is 0. The first kappa shape index (κ1) is 24.8. The zero-order valence-corrected chi connectivity index (χ0v) is 20.5. The summed E-state index contributed by atoms with van der Waals surface area (Å²) in [4.78, 5) is 38.3. The molecular formula is C30H29N3O3. The molecule has 6 nitrogen and oxygen atoms in total. The number of benzene rings is 3. The Morgan fingerprint density at radius 3 is 1.58 bits per heavy atom.